The predicted octanol–water partition coefficient (Wildman–Crippen LogP) is 8.70. The van der Waals surface area contributed by atoms with Crippen LogP contribution in [-0.2, 0) is 0 Å². The summed E-state index contributed by atoms with van der Waals surface area (Å²) in [7, 11) is 0. The summed E-state index contributed by atoms with van der Waals surface area (Å²) in [6.45, 7) is 0.868. The lowest BCUT2D eigenvalue weighted by atomic mass is 10.0. The first-order valence-corrected chi connectivity index (χ1v) is 13.5. The molecule has 0 saturated heterocycles. The van der Waals surface area contributed by atoms with Gasteiger partial charge in [0, 0.05) is 40.0 Å². The molecule has 3 heteroatoms. The molecule has 0 amide bonds. The molecule has 1 aliphatic carbocycles. The highest BCUT2D eigenvalue weighted by Gasteiger charge is 2.20. The van der Waals surface area contributed by atoms with Crippen LogP contribution in [0.25, 0.3) is 49.2 Å². The number of rotatable bonds is 3. The third-order valence-corrected chi connectivity index (χ3v) is 8.10. The highest BCUT2D eigenvalue weighted by Crippen LogP contribution is 2.40. The van der Waals surface area contributed by atoms with E-state index < -0.39 is 0 Å². The van der Waals surface area contributed by atoms with Crippen LogP contribution in [0, 0.1) is 0 Å². The first kappa shape index (κ1) is 21.5. The zero-order chi connectivity index (χ0) is 25.1. The van der Waals surface area contributed by atoms with E-state index in [4.69, 9.17) is 4.99 Å². The van der Waals surface area contributed by atoms with E-state index in [1.165, 1.54) is 54.7 Å². The number of allylic oxidation sites excluding steroid dienone is 5. The van der Waals surface area contributed by atoms with Crippen LogP contribution >= 0.6 is 0 Å². The van der Waals surface area contributed by atoms with Crippen LogP contribution in [0.15, 0.2) is 127 Å². The van der Waals surface area contributed by atoms with E-state index in [2.05, 4.69) is 131 Å². The molecule has 2 aliphatic rings. The lowest BCUT2D eigenvalue weighted by molar-refractivity contribution is 0.629. The summed E-state index contributed by atoms with van der Waals surface area (Å²) in [5.41, 5.74) is 7.22. The second kappa shape index (κ2) is 8.46. The van der Waals surface area contributed by atoms with Crippen molar-refractivity contribution in [1.29, 1.82) is 0 Å². The van der Waals surface area contributed by atoms with E-state index in [9.17, 15) is 0 Å². The van der Waals surface area contributed by atoms with Crippen molar-refractivity contribution in [2.45, 2.75) is 18.9 Å². The molecule has 182 valence electrons. The van der Waals surface area contributed by atoms with Gasteiger partial charge in [-0.2, -0.15) is 0 Å². The molecule has 2 aromatic heterocycles. The highest BCUT2D eigenvalue weighted by atomic mass is 15.0. The summed E-state index contributed by atoms with van der Waals surface area (Å²) in [6.07, 6.45) is 17.5. The Balaban J connectivity index is 1.44. The second-order valence-corrected chi connectivity index (χ2v) is 10.3. The second-order valence-electron chi connectivity index (χ2n) is 10.3. The highest BCUT2D eigenvalue weighted by molar-refractivity contribution is 6.23. The van der Waals surface area contributed by atoms with E-state index in [-0.39, 0.29) is 0 Å². The van der Waals surface area contributed by atoms with E-state index >= 15 is 0 Å². The van der Waals surface area contributed by atoms with E-state index in [0.29, 0.717) is 6.04 Å². The molecular formula is C35H27N3. The Morgan fingerprint density at radius 2 is 1.55 bits per heavy atom. The van der Waals surface area contributed by atoms with Gasteiger partial charge < -0.3 is 9.13 Å². The van der Waals surface area contributed by atoms with Crippen molar-refractivity contribution in [2.24, 2.45) is 4.99 Å². The summed E-state index contributed by atoms with van der Waals surface area (Å²) in [6, 6.07) is 29.5. The summed E-state index contributed by atoms with van der Waals surface area (Å²) >= 11 is 0. The molecule has 1 aliphatic heterocycles. The molecule has 6 aromatic rings. The molecule has 1 unspecified atom stereocenters. The van der Waals surface area contributed by atoms with Crippen LogP contribution in [-0.4, -0.2) is 21.4 Å². The normalized spacial score (nSPS) is 17.3. The van der Waals surface area contributed by atoms with Gasteiger partial charge in [-0.25, -0.2) is 0 Å². The third-order valence-electron chi connectivity index (χ3n) is 8.10. The summed E-state index contributed by atoms with van der Waals surface area (Å²) < 4.78 is 4.91. The average molecular weight is 490 g/mol. The summed E-state index contributed by atoms with van der Waals surface area (Å²) in [5, 5.41) is 6.40. The quantitative estimate of drug-likeness (QED) is 0.237. The van der Waals surface area contributed by atoms with Gasteiger partial charge in [0.25, 0.3) is 0 Å². The topological polar surface area (TPSA) is 22.2 Å². The van der Waals surface area contributed by atoms with Crippen LogP contribution in [0.5, 0.6) is 0 Å². The maximum absolute atomic E-state index is 4.73. The number of nitrogens with zero attached hydrogens (tertiary/aromatic N) is 3. The zero-order valence-corrected chi connectivity index (χ0v) is 21.1. The smallest absolute Gasteiger partial charge is 0.0643 e. The first-order chi connectivity index (χ1) is 18.9. The summed E-state index contributed by atoms with van der Waals surface area (Å²) in [5.74, 6) is 0. The Bertz CT molecular complexity index is 1990. The number of aromatic nitrogens is 2. The fraction of sp³-hybridized carbons (Fsp3) is 0.114. The molecule has 3 nitrogen and oxygen atoms in total. The lowest BCUT2D eigenvalue weighted by Gasteiger charge is -2.17. The predicted molar refractivity (Wildman–Crippen MR) is 161 cm³/mol. The molecule has 1 atom stereocenters. The molecule has 0 radical (unpaired) electrons. The minimum Gasteiger partial charge on any atom is -0.340 e. The zero-order valence-electron chi connectivity index (χ0n) is 21.1. The van der Waals surface area contributed by atoms with Crippen LogP contribution in [0.2, 0.25) is 0 Å². The molecular weight excluding hydrogens is 462 g/mol. The SMILES string of the molecule is C1=CCC(n2ccc3c2ccc2c4ccc5ccccc5c4n(-c4ccc(C5=NCCC=C5)cc4)c23)C=C1. The van der Waals surface area contributed by atoms with Crippen molar-refractivity contribution in [3.05, 3.63) is 127 Å². The monoisotopic (exact) mass is 489 g/mol. The van der Waals surface area contributed by atoms with Gasteiger partial charge in [-0.05, 0) is 54.1 Å². The molecule has 3 heterocycles. The number of dihydropyridines is 1. The van der Waals surface area contributed by atoms with E-state index in [1.54, 1.807) is 0 Å². The standard InChI is InChI=1S/C35H27N3/c1-2-9-26(10-3-1)37-23-21-31-33(37)20-19-30-29-18-15-24-8-4-5-11-28(24)34(29)38(35(30)31)27-16-13-25(14-17-27)32-12-6-7-22-36-32/h1-6,8-9,11-21,23,26H,7,10,22H2. The van der Waals surface area contributed by atoms with Gasteiger partial charge in [0.15, 0.2) is 0 Å². The largest absolute Gasteiger partial charge is 0.340 e. The number of hydrogen-bond acceptors (Lipinski definition) is 1. The molecule has 0 fully saturated rings. The molecule has 0 spiro atoms. The molecule has 0 saturated carbocycles. The Labute approximate surface area is 221 Å². The molecule has 4 aromatic carbocycles. The Hall–Kier alpha value is -4.63. The maximum Gasteiger partial charge on any atom is 0.0643 e. The van der Waals surface area contributed by atoms with Gasteiger partial charge in [-0.3, -0.25) is 4.99 Å². The number of aliphatic imine (C=N–C) groups is 1. The molecule has 0 bridgehead atoms. The van der Waals surface area contributed by atoms with Crippen molar-refractivity contribution in [1.82, 2.24) is 9.13 Å². The molecule has 0 N–H and O–H groups in total. The minimum atomic E-state index is 0.345. The van der Waals surface area contributed by atoms with Gasteiger partial charge in [-0.15, -0.1) is 0 Å². The van der Waals surface area contributed by atoms with Crippen LogP contribution in [0.3, 0.4) is 0 Å². The molecule has 38 heavy (non-hydrogen) atoms. The fourth-order valence-electron chi connectivity index (χ4n) is 6.30. The Kier molecular flexibility index (Phi) is 4.78. The lowest BCUT2D eigenvalue weighted by Crippen LogP contribution is -2.05. The number of benzene rings is 4. The van der Waals surface area contributed by atoms with Gasteiger partial charge in [0.05, 0.1) is 28.3 Å². The van der Waals surface area contributed by atoms with Gasteiger partial charge in [0.2, 0.25) is 0 Å². The van der Waals surface area contributed by atoms with Crippen molar-refractivity contribution >= 4 is 49.2 Å². The Morgan fingerprint density at radius 3 is 2.37 bits per heavy atom. The fourth-order valence-corrected chi connectivity index (χ4v) is 6.30. The number of hydrogen-bond donors (Lipinski definition) is 0. The van der Waals surface area contributed by atoms with Crippen molar-refractivity contribution in [2.75, 3.05) is 6.54 Å². The van der Waals surface area contributed by atoms with E-state index in [0.717, 1.165) is 25.1 Å². The van der Waals surface area contributed by atoms with Gasteiger partial charge >= 0.3 is 0 Å². The maximum atomic E-state index is 4.73. The van der Waals surface area contributed by atoms with Crippen molar-refractivity contribution in [3.63, 3.8) is 0 Å². The van der Waals surface area contributed by atoms with Crippen LogP contribution in [0.4, 0.5) is 0 Å². The van der Waals surface area contributed by atoms with Crippen molar-refractivity contribution < 1.29 is 0 Å². The van der Waals surface area contributed by atoms with Crippen LogP contribution < -0.4 is 0 Å². The minimum absolute atomic E-state index is 0.345. The Morgan fingerprint density at radius 1 is 0.711 bits per heavy atom. The van der Waals surface area contributed by atoms with E-state index in [1.807, 2.05) is 0 Å². The average Bonchev–Trinajstić information content (AvgIpc) is 3.58. The van der Waals surface area contributed by atoms with Gasteiger partial charge in [-0.1, -0.05) is 85.0 Å². The summed E-state index contributed by atoms with van der Waals surface area (Å²) in [4.78, 5) is 4.73. The number of fused-ring (bicyclic) bond motifs is 7. The van der Waals surface area contributed by atoms with Crippen LogP contribution in [0.1, 0.15) is 24.4 Å². The third kappa shape index (κ3) is 3.18. The molecule has 8 rings (SSSR count). The van der Waals surface area contributed by atoms with Crippen molar-refractivity contribution in [3.8, 4) is 5.69 Å². The van der Waals surface area contributed by atoms with Gasteiger partial charge in [0.1, 0.15) is 0 Å². The first-order valence-electron chi connectivity index (χ1n) is 13.5.